The predicted octanol–water partition coefficient (Wildman–Crippen LogP) is 3.47. The Hall–Kier alpha value is -2.39. The topological polar surface area (TPSA) is 92.5 Å². The van der Waals surface area contributed by atoms with Crippen molar-refractivity contribution in [1.82, 2.24) is 14.8 Å². The maximum Gasteiger partial charge on any atom is 0.272 e. The van der Waals surface area contributed by atoms with Crippen LogP contribution in [0.4, 0.5) is 10.7 Å². The number of aromatic amines is 1. The number of aryl methyl sites for hydroxylation is 1. The van der Waals surface area contributed by atoms with Gasteiger partial charge in [0.2, 0.25) is 5.13 Å². The maximum absolute atomic E-state index is 11.8. The monoisotopic (exact) mass is 391 g/mol. The van der Waals surface area contributed by atoms with Gasteiger partial charge in [0, 0.05) is 16.6 Å². The van der Waals surface area contributed by atoms with E-state index in [1.54, 1.807) is 6.92 Å². The molecule has 0 amide bonds. The van der Waals surface area contributed by atoms with Gasteiger partial charge in [0.25, 0.3) is 11.1 Å². The van der Waals surface area contributed by atoms with Crippen molar-refractivity contribution in [3.63, 3.8) is 0 Å². The van der Waals surface area contributed by atoms with Crippen LogP contribution in [0.25, 0.3) is 5.13 Å². The van der Waals surface area contributed by atoms with Crippen LogP contribution in [0.3, 0.4) is 0 Å². The Morgan fingerprint density at radius 2 is 1.87 bits per heavy atom. The fourth-order valence-electron chi connectivity index (χ4n) is 1.74. The lowest BCUT2D eigenvalue weighted by molar-refractivity contribution is 0.777. The van der Waals surface area contributed by atoms with Crippen molar-refractivity contribution >= 4 is 38.0 Å². The summed E-state index contributed by atoms with van der Waals surface area (Å²) in [6.07, 6.45) is 0. The number of H-pyrrole nitrogens is 1. The SMILES string of the molecule is Cc1nc(-n2[nH]c(=O)ccc2=O)sc1N=Nc1ccc(Br)cc1. The molecule has 7 nitrogen and oxygen atoms in total. The fourth-order valence-corrected chi connectivity index (χ4v) is 2.86. The van der Waals surface area contributed by atoms with Crippen molar-refractivity contribution in [2.24, 2.45) is 10.2 Å². The maximum atomic E-state index is 11.8. The first-order chi connectivity index (χ1) is 11.0. The molecule has 0 atom stereocenters. The van der Waals surface area contributed by atoms with Crippen LogP contribution in [0.1, 0.15) is 5.69 Å². The molecule has 0 aliphatic heterocycles. The third kappa shape index (κ3) is 3.51. The van der Waals surface area contributed by atoms with E-state index < -0.39 is 0 Å². The standard InChI is InChI=1S/C14H10BrN5O2S/c1-8-13(18-17-10-4-2-9(15)3-5-10)23-14(16-8)20-12(22)7-6-11(21)19-20/h2-7H,1H3,(H,19,21). The zero-order chi connectivity index (χ0) is 16.4. The van der Waals surface area contributed by atoms with Crippen molar-refractivity contribution in [3.05, 3.63) is 67.3 Å². The summed E-state index contributed by atoms with van der Waals surface area (Å²) in [5.41, 5.74) is 0.584. The molecule has 0 saturated heterocycles. The van der Waals surface area contributed by atoms with E-state index in [1.807, 2.05) is 24.3 Å². The second kappa shape index (κ2) is 6.39. The molecule has 0 saturated carbocycles. The summed E-state index contributed by atoms with van der Waals surface area (Å²) in [4.78, 5) is 27.4. The van der Waals surface area contributed by atoms with Crippen molar-refractivity contribution in [3.8, 4) is 5.13 Å². The molecule has 0 radical (unpaired) electrons. The molecule has 2 aromatic heterocycles. The zero-order valence-corrected chi connectivity index (χ0v) is 14.3. The fraction of sp³-hybridized carbons (Fsp3) is 0.0714. The summed E-state index contributed by atoms with van der Waals surface area (Å²) in [6, 6.07) is 9.75. The predicted molar refractivity (Wildman–Crippen MR) is 91.4 cm³/mol. The van der Waals surface area contributed by atoms with Crippen LogP contribution in [0.5, 0.6) is 0 Å². The van der Waals surface area contributed by atoms with Gasteiger partial charge in [-0.1, -0.05) is 27.3 Å². The van der Waals surface area contributed by atoms with E-state index in [4.69, 9.17) is 0 Å². The Balaban J connectivity index is 1.95. The summed E-state index contributed by atoms with van der Waals surface area (Å²) in [5, 5.41) is 11.6. The highest BCUT2D eigenvalue weighted by Gasteiger charge is 2.10. The third-order valence-corrected chi connectivity index (χ3v) is 4.41. The number of halogens is 1. The van der Waals surface area contributed by atoms with E-state index in [-0.39, 0.29) is 11.1 Å². The van der Waals surface area contributed by atoms with Gasteiger partial charge < -0.3 is 0 Å². The number of aromatic nitrogens is 3. The minimum absolute atomic E-state index is 0.343. The largest absolute Gasteiger partial charge is 0.272 e. The van der Waals surface area contributed by atoms with Crippen LogP contribution in [-0.2, 0) is 0 Å². The lowest BCUT2D eigenvalue weighted by Crippen LogP contribution is -2.26. The van der Waals surface area contributed by atoms with E-state index in [2.05, 4.69) is 36.2 Å². The first kappa shape index (κ1) is 15.5. The summed E-state index contributed by atoms with van der Waals surface area (Å²) < 4.78 is 2.05. The number of benzene rings is 1. The Bertz CT molecular complexity index is 987. The Morgan fingerprint density at radius 1 is 1.13 bits per heavy atom. The van der Waals surface area contributed by atoms with Crippen LogP contribution in [-0.4, -0.2) is 14.8 Å². The number of hydrogen-bond acceptors (Lipinski definition) is 6. The van der Waals surface area contributed by atoms with Gasteiger partial charge in [0.1, 0.15) is 0 Å². The van der Waals surface area contributed by atoms with E-state index in [9.17, 15) is 9.59 Å². The molecule has 9 heteroatoms. The van der Waals surface area contributed by atoms with Gasteiger partial charge in [-0.05, 0) is 31.2 Å². The number of azo groups is 1. The molecule has 3 rings (SSSR count). The zero-order valence-electron chi connectivity index (χ0n) is 11.9. The molecular weight excluding hydrogens is 382 g/mol. The van der Waals surface area contributed by atoms with Crippen molar-refractivity contribution in [2.45, 2.75) is 6.92 Å². The van der Waals surface area contributed by atoms with Gasteiger partial charge in [0.15, 0.2) is 5.00 Å². The second-order valence-corrected chi connectivity index (χ2v) is 6.42. The highest BCUT2D eigenvalue weighted by molar-refractivity contribution is 9.10. The molecule has 0 aliphatic carbocycles. The summed E-state index contributed by atoms with van der Waals surface area (Å²) in [5.74, 6) is 0. The van der Waals surface area contributed by atoms with Crippen molar-refractivity contribution < 1.29 is 0 Å². The highest BCUT2D eigenvalue weighted by Crippen LogP contribution is 2.30. The first-order valence-electron chi connectivity index (χ1n) is 6.50. The molecule has 1 N–H and O–H groups in total. The van der Waals surface area contributed by atoms with E-state index >= 15 is 0 Å². The van der Waals surface area contributed by atoms with Crippen molar-refractivity contribution in [2.75, 3.05) is 0 Å². The quantitative estimate of drug-likeness (QED) is 0.692. The Kier molecular flexibility index (Phi) is 4.30. The summed E-state index contributed by atoms with van der Waals surface area (Å²) >= 11 is 4.52. The van der Waals surface area contributed by atoms with Gasteiger partial charge in [-0.2, -0.15) is 4.68 Å². The second-order valence-electron chi connectivity index (χ2n) is 4.55. The molecule has 1 aromatic carbocycles. The molecule has 2 heterocycles. The number of thiazole rings is 1. The summed E-state index contributed by atoms with van der Waals surface area (Å²) in [7, 11) is 0. The number of nitrogens with one attached hydrogen (secondary N) is 1. The molecule has 0 aliphatic rings. The molecule has 116 valence electrons. The van der Waals surface area contributed by atoms with Crippen LogP contribution >= 0.6 is 27.3 Å². The molecule has 3 aromatic rings. The number of nitrogens with zero attached hydrogens (tertiary/aromatic N) is 4. The first-order valence-corrected chi connectivity index (χ1v) is 8.11. The molecule has 0 bridgehead atoms. The molecule has 0 unspecified atom stereocenters. The van der Waals surface area contributed by atoms with Crippen LogP contribution in [0.15, 0.2) is 60.7 Å². The van der Waals surface area contributed by atoms with Crippen LogP contribution in [0, 0.1) is 6.92 Å². The van der Waals surface area contributed by atoms with Crippen LogP contribution < -0.4 is 11.1 Å². The number of hydrogen-bond donors (Lipinski definition) is 1. The molecule has 0 spiro atoms. The van der Waals surface area contributed by atoms with E-state index in [0.717, 1.165) is 9.15 Å². The smallest absolute Gasteiger partial charge is 0.268 e. The highest BCUT2D eigenvalue weighted by atomic mass is 79.9. The van der Waals surface area contributed by atoms with Gasteiger partial charge in [0.05, 0.1) is 11.4 Å². The Morgan fingerprint density at radius 3 is 2.61 bits per heavy atom. The molecular formula is C14H10BrN5O2S. The molecule has 0 fully saturated rings. The lowest BCUT2D eigenvalue weighted by atomic mass is 10.3. The van der Waals surface area contributed by atoms with E-state index in [0.29, 0.717) is 21.5 Å². The number of rotatable bonds is 3. The van der Waals surface area contributed by atoms with Crippen LogP contribution in [0.2, 0.25) is 0 Å². The van der Waals surface area contributed by atoms with Gasteiger partial charge in [-0.15, -0.1) is 10.2 Å². The Labute approximate surface area is 142 Å². The third-order valence-electron chi connectivity index (χ3n) is 2.85. The molecule has 23 heavy (non-hydrogen) atoms. The normalized spacial score (nSPS) is 11.2. The average Bonchev–Trinajstić information content (AvgIpc) is 2.90. The van der Waals surface area contributed by atoms with Gasteiger partial charge >= 0.3 is 0 Å². The van der Waals surface area contributed by atoms with Gasteiger partial charge in [-0.25, -0.2) is 4.98 Å². The van der Waals surface area contributed by atoms with E-state index in [1.165, 1.54) is 23.5 Å². The average molecular weight is 392 g/mol. The lowest BCUT2D eigenvalue weighted by Gasteiger charge is -1.97. The summed E-state index contributed by atoms with van der Waals surface area (Å²) in [6.45, 7) is 1.77. The van der Waals surface area contributed by atoms with Crippen molar-refractivity contribution in [1.29, 1.82) is 0 Å². The van der Waals surface area contributed by atoms with Gasteiger partial charge in [-0.3, -0.25) is 14.7 Å². The minimum Gasteiger partial charge on any atom is -0.268 e. The minimum atomic E-state index is -0.379.